The average molecular weight is 538 g/mol. The Bertz CT molecular complexity index is 1340. The number of rotatable bonds is 8. The second-order valence-corrected chi connectivity index (χ2v) is 9.67. The number of nitrogens with zero attached hydrogens (tertiary/aromatic N) is 1. The maximum Gasteiger partial charge on any atom is 0.336 e. The Labute approximate surface area is 225 Å². The number of carbonyl (C=O) groups excluding carboxylic acids is 2. The number of hydrogen-bond donors (Lipinski definition) is 2. The quantitative estimate of drug-likeness (QED) is 0.314. The molecule has 0 amide bonds. The van der Waals surface area contributed by atoms with E-state index in [1.165, 1.54) is 11.3 Å². The lowest BCUT2D eigenvalue weighted by molar-refractivity contribution is -0.139. The van der Waals surface area contributed by atoms with E-state index in [0.29, 0.717) is 32.7 Å². The molecule has 0 unspecified atom stereocenters. The van der Waals surface area contributed by atoms with Gasteiger partial charge in [-0.2, -0.15) is 0 Å². The van der Waals surface area contributed by atoms with Crippen LogP contribution in [0.3, 0.4) is 0 Å². The van der Waals surface area contributed by atoms with E-state index in [0.717, 1.165) is 22.5 Å². The van der Waals surface area contributed by atoms with Gasteiger partial charge in [0, 0.05) is 33.0 Å². The van der Waals surface area contributed by atoms with Crippen molar-refractivity contribution in [2.45, 2.75) is 33.6 Å². The van der Waals surface area contributed by atoms with Crippen molar-refractivity contribution >= 4 is 45.7 Å². The lowest BCUT2D eigenvalue weighted by Gasteiger charge is -2.30. The van der Waals surface area contributed by atoms with Gasteiger partial charge in [-0.3, -0.25) is 0 Å². The van der Waals surface area contributed by atoms with E-state index in [1.807, 2.05) is 53.9 Å². The Morgan fingerprint density at radius 1 is 1.00 bits per heavy atom. The summed E-state index contributed by atoms with van der Waals surface area (Å²) in [6, 6.07) is 15.1. The third-order valence-electron chi connectivity index (χ3n) is 5.87. The van der Waals surface area contributed by atoms with Crippen LogP contribution in [-0.2, 0) is 19.1 Å². The number of esters is 2. The molecule has 1 aliphatic rings. The van der Waals surface area contributed by atoms with E-state index in [4.69, 9.17) is 26.1 Å². The van der Waals surface area contributed by atoms with Crippen molar-refractivity contribution in [3.05, 3.63) is 87.0 Å². The Balaban J connectivity index is 1.69. The molecule has 0 fully saturated rings. The molecule has 1 aliphatic heterocycles. The van der Waals surface area contributed by atoms with Crippen molar-refractivity contribution in [3.8, 4) is 11.3 Å². The van der Waals surface area contributed by atoms with Crippen molar-refractivity contribution in [2.24, 2.45) is 0 Å². The van der Waals surface area contributed by atoms with Gasteiger partial charge in [-0.25, -0.2) is 14.6 Å². The van der Waals surface area contributed by atoms with Crippen LogP contribution in [0, 0.1) is 0 Å². The summed E-state index contributed by atoms with van der Waals surface area (Å²) >= 11 is 7.48. The van der Waals surface area contributed by atoms with Gasteiger partial charge >= 0.3 is 11.9 Å². The molecule has 0 bridgehead atoms. The molecular weight excluding hydrogens is 510 g/mol. The standard InChI is InChI=1S/C28H28ClN3O4S/c1-5-35-26(33)23-16(3)30-17(4)24(27(34)36-6-2)25(23)19-8-7-9-21(14-19)31-28-32-22(15-37-28)18-10-12-20(29)13-11-18/h7-15,25,30H,5-6H2,1-4H3,(H,31,32). The van der Waals surface area contributed by atoms with Crippen molar-refractivity contribution in [1.82, 2.24) is 10.3 Å². The summed E-state index contributed by atoms with van der Waals surface area (Å²) in [4.78, 5) is 30.8. The number of anilines is 2. The number of benzene rings is 2. The molecule has 0 atom stereocenters. The summed E-state index contributed by atoms with van der Waals surface area (Å²) in [5.41, 5.74) is 5.38. The fourth-order valence-corrected chi connectivity index (χ4v) is 5.16. The van der Waals surface area contributed by atoms with Gasteiger partial charge in [0.15, 0.2) is 5.13 Å². The number of carbonyl (C=O) groups is 2. The Morgan fingerprint density at radius 2 is 1.62 bits per heavy atom. The second-order valence-electron chi connectivity index (χ2n) is 8.37. The predicted octanol–water partition coefficient (Wildman–Crippen LogP) is 6.57. The van der Waals surface area contributed by atoms with Crippen LogP contribution in [0.1, 0.15) is 39.2 Å². The van der Waals surface area contributed by atoms with Crippen LogP contribution in [0.25, 0.3) is 11.3 Å². The number of allylic oxidation sites excluding steroid dienone is 2. The van der Waals surface area contributed by atoms with Crippen LogP contribution in [0.15, 0.2) is 76.5 Å². The highest BCUT2D eigenvalue weighted by Crippen LogP contribution is 2.40. The van der Waals surface area contributed by atoms with Gasteiger partial charge in [-0.05, 0) is 57.5 Å². The number of dihydropyridines is 1. The van der Waals surface area contributed by atoms with Crippen molar-refractivity contribution in [1.29, 1.82) is 0 Å². The molecule has 0 spiro atoms. The summed E-state index contributed by atoms with van der Waals surface area (Å²) < 4.78 is 10.7. The SMILES string of the molecule is CCOC(=O)C1=C(C)NC(C)=C(C(=O)OCC)C1c1cccc(Nc2nc(-c3ccc(Cl)cc3)cs2)c1. The molecule has 2 aromatic carbocycles. The molecule has 0 saturated carbocycles. The highest BCUT2D eigenvalue weighted by Gasteiger charge is 2.38. The maximum atomic E-state index is 13.0. The summed E-state index contributed by atoms with van der Waals surface area (Å²) in [7, 11) is 0. The van der Waals surface area contributed by atoms with Crippen LogP contribution >= 0.6 is 22.9 Å². The average Bonchev–Trinajstić information content (AvgIpc) is 3.32. The van der Waals surface area contributed by atoms with Gasteiger partial charge < -0.3 is 20.1 Å². The molecule has 0 saturated heterocycles. The second kappa shape index (κ2) is 11.6. The molecule has 37 heavy (non-hydrogen) atoms. The maximum absolute atomic E-state index is 13.0. The van der Waals surface area contributed by atoms with Gasteiger partial charge in [-0.15, -0.1) is 11.3 Å². The van der Waals surface area contributed by atoms with Crippen LogP contribution < -0.4 is 10.6 Å². The number of aromatic nitrogens is 1. The minimum absolute atomic E-state index is 0.224. The largest absolute Gasteiger partial charge is 0.463 e. The zero-order valence-electron chi connectivity index (χ0n) is 21.1. The summed E-state index contributed by atoms with van der Waals surface area (Å²) in [6.45, 7) is 7.57. The van der Waals surface area contributed by atoms with Crippen LogP contribution in [0.4, 0.5) is 10.8 Å². The number of thiazole rings is 1. The molecule has 7 nitrogen and oxygen atoms in total. The highest BCUT2D eigenvalue weighted by molar-refractivity contribution is 7.14. The molecule has 9 heteroatoms. The number of nitrogens with one attached hydrogen (secondary N) is 2. The van der Waals surface area contributed by atoms with Crippen LogP contribution in [-0.4, -0.2) is 30.1 Å². The number of halogens is 1. The fraction of sp³-hybridized carbons (Fsp3) is 0.250. The molecular formula is C28H28ClN3O4S. The first-order valence-corrected chi connectivity index (χ1v) is 13.2. The normalized spacial score (nSPS) is 13.9. The summed E-state index contributed by atoms with van der Waals surface area (Å²) in [5.74, 6) is -1.60. The summed E-state index contributed by atoms with van der Waals surface area (Å²) in [6.07, 6.45) is 0. The van der Waals surface area contributed by atoms with E-state index >= 15 is 0 Å². The van der Waals surface area contributed by atoms with Crippen molar-refractivity contribution in [2.75, 3.05) is 18.5 Å². The minimum Gasteiger partial charge on any atom is -0.463 e. The third kappa shape index (κ3) is 5.87. The molecule has 2 N–H and O–H groups in total. The summed E-state index contributed by atoms with van der Waals surface area (Å²) in [5, 5.41) is 9.86. The van der Waals surface area contributed by atoms with Gasteiger partial charge in [-0.1, -0.05) is 35.9 Å². The number of ether oxygens (including phenoxy) is 2. The van der Waals surface area contributed by atoms with Gasteiger partial charge in [0.05, 0.1) is 36.0 Å². The van der Waals surface area contributed by atoms with Gasteiger partial charge in [0.1, 0.15) is 0 Å². The topological polar surface area (TPSA) is 89.5 Å². The Kier molecular flexibility index (Phi) is 8.31. The Hall–Kier alpha value is -3.62. The lowest BCUT2D eigenvalue weighted by Crippen LogP contribution is -2.32. The zero-order chi connectivity index (χ0) is 26.5. The van der Waals surface area contributed by atoms with Crippen molar-refractivity contribution < 1.29 is 19.1 Å². The highest BCUT2D eigenvalue weighted by atomic mass is 35.5. The smallest absolute Gasteiger partial charge is 0.336 e. The zero-order valence-corrected chi connectivity index (χ0v) is 22.6. The molecule has 0 radical (unpaired) electrons. The van der Waals surface area contributed by atoms with Gasteiger partial charge in [0.2, 0.25) is 0 Å². The fourth-order valence-electron chi connectivity index (χ4n) is 4.29. The molecule has 0 aliphatic carbocycles. The van der Waals surface area contributed by atoms with E-state index in [-0.39, 0.29) is 13.2 Å². The van der Waals surface area contributed by atoms with E-state index in [2.05, 4.69) is 10.6 Å². The first kappa shape index (κ1) is 26.4. The first-order valence-electron chi connectivity index (χ1n) is 11.9. The van der Waals surface area contributed by atoms with Gasteiger partial charge in [0.25, 0.3) is 0 Å². The van der Waals surface area contributed by atoms with Crippen LogP contribution in [0.5, 0.6) is 0 Å². The first-order chi connectivity index (χ1) is 17.8. The van der Waals surface area contributed by atoms with E-state index in [1.54, 1.807) is 27.7 Å². The lowest BCUT2D eigenvalue weighted by atomic mass is 9.80. The minimum atomic E-state index is -0.651. The van der Waals surface area contributed by atoms with E-state index in [9.17, 15) is 9.59 Å². The predicted molar refractivity (Wildman–Crippen MR) is 147 cm³/mol. The number of hydrogen-bond acceptors (Lipinski definition) is 8. The third-order valence-corrected chi connectivity index (χ3v) is 6.88. The monoisotopic (exact) mass is 537 g/mol. The molecule has 2 heterocycles. The molecule has 1 aromatic heterocycles. The molecule has 4 rings (SSSR count). The Morgan fingerprint density at radius 3 is 2.22 bits per heavy atom. The van der Waals surface area contributed by atoms with Crippen LogP contribution in [0.2, 0.25) is 5.02 Å². The molecule has 3 aromatic rings. The molecule has 192 valence electrons. The van der Waals surface area contributed by atoms with Crippen molar-refractivity contribution in [3.63, 3.8) is 0 Å². The van der Waals surface area contributed by atoms with E-state index < -0.39 is 17.9 Å².